The molecule has 4 nitrogen and oxygen atoms in total. The third-order valence-electron chi connectivity index (χ3n) is 3.36. The molecule has 1 aromatic carbocycles. The molecule has 1 N–H and O–H groups in total. The average molecular weight is 266 g/mol. The maximum Gasteiger partial charge on any atom is 0.0948 e. The van der Waals surface area contributed by atoms with Gasteiger partial charge in [-0.2, -0.15) is 0 Å². The summed E-state index contributed by atoms with van der Waals surface area (Å²) in [6.07, 6.45) is 7.87. The molecule has 0 spiro atoms. The summed E-state index contributed by atoms with van der Waals surface area (Å²) in [4.78, 5) is 4.18. The van der Waals surface area contributed by atoms with E-state index in [-0.39, 0.29) is 0 Å². The summed E-state index contributed by atoms with van der Waals surface area (Å²) in [5.41, 5.74) is 3.46. The van der Waals surface area contributed by atoms with E-state index in [0.717, 1.165) is 24.5 Å². The van der Waals surface area contributed by atoms with Gasteiger partial charge < -0.3 is 14.5 Å². The summed E-state index contributed by atoms with van der Waals surface area (Å²) >= 11 is 0. The van der Waals surface area contributed by atoms with Crippen molar-refractivity contribution in [3.63, 3.8) is 0 Å². The lowest BCUT2D eigenvalue weighted by molar-refractivity contribution is 0.719. The van der Waals surface area contributed by atoms with Crippen LogP contribution in [0.25, 0.3) is 5.69 Å². The maximum absolute atomic E-state index is 4.18. The largest absolute Gasteiger partial charge is 0.379 e. The molecule has 0 saturated heterocycles. The van der Waals surface area contributed by atoms with Gasteiger partial charge in [-0.25, -0.2) is 4.98 Å². The van der Waals surface area contributed by atoms with Gasteiger partial charge in [-0.05, 0) is 37.3 Å². The van der Waals surface area contributed by atoms with E-state index in [0.29, 0.717) is 0 Å². The van der Waals surface area contributed by atoms with Gasteiger partial charge in [0.1, 0.15) is 0 Å². The van der Waals surface area contributed by atoms with Crippen molar-refractivity contribution in [3.05, 3.63) is 67.0 Å². The van der Waals surface area contributed by atoms with Crippen LogP contribution in [0.5, 0.6) is 0 Å². The van der Waals surface area contributed by atoms with Crippen molar-refractivity contribution in [2.45, 2.75) is 20.0 Å². The van der Waals surface area contributed by atoms with Crippen molar-refractivity contribution in [1.29, 1.82) is 0 Å². The van der Waals surface area contributed by atoms with Crippen LogP contribution in [0, 0.1) is 0 Å². The molecule has 3 rings (SSSR count). The second-order valence-corrected chi connectivity index (χ2v) is 4.67. The number of benzene rings is 1. The number of anilines is 1. The molecule has 0 radical (unpaired) electrons. The van der Waals surface area contributed by atoms with Crippen molar-refractivity contribution in [1.82, 2.24) is 14.1 Å². The zero-order valence-corrected chi connectivity index (χ0v) is 11.5. The number of hydrogen-bond acceptors (Lipinski definition) is 2. The first-order chi connectivity index (χ1) is 9.86. The van der Waals surface area contributed by atoms with Gasteiger partial charge in [0.2, 0.25) is 0 Å². The van der Waals surface area contributed by atoms with Crippen LogP contribution in [0.15, 0.2) is 61.3 Å². The van der Waals surface area contributed by atoms with Gasteiger partial charge in [-0.15, -0.1) is 0 Å². The van der Waals surface area contributed by atoms with Gasteiger partial charge in [0.05, 0.1) is 18.6 Å². The van der Waals surface area contributed by atoms with E-state index in [1.807, 2.05) is 37.1 Å². The van der Waals surface area contributed by atoms with Crippen LogP contribution in [0.2, 0.25) is 0 Å². The summed E-state index contributed by atoms with van der Waals surface area (Å²) in [6, 6.07) is 12.4. The Bertz CT molecular complexity index is 667. The highest BCUT2D eigenvalue weighted by atomic mass is 15.1. The lowest BCUT2D eigenvalue weighted by Crippen LogP contribution is -2.06. The number of aryl methyl sites for hydroxylation is 1. The molecule has 0 bridgehead atoms. The molecule has 4 heteroatoms. The van der Waals surface area contributed by atoms with Crippen LogP contribution in [0.3, 0.4) is 0 Å². The highest BCUT2D eigenvalue weighted by Crippen LogP contribution is 2.15. The fourth-order valence-corrected chi connectivity index (χ4v) is 2.26. The average Bonchev–Trinajstić information content (AvgIpc) is 3.16. The quantitative estimate of drug-likeness (QED) is 0.769. The van der Waals surface area contributed by atoms with Crippen LogP contribution in [-0.2, 0) is 13.1 Å². The minimum absolute atomic E-state index is 0.781. The molecule has 2 aromatic heterocycles. The number of hydrogen-bond donors (Lipinski definition) is 1. The van der Waals surface area contributed by atoms with E-state index in [1.165, 1.54) is 5.69 Å². The van der Waals surface area contributed by atoms with Crippen LogP contribution in [0.1, 0.15) is 12.6 Å². The van der Waals surface area contributed by atoms with E-state index < -0.39 is 0 Å². The monoisotopic (exact) mass is 266 g/mol. The Morgan fingerprint density at radius 2 is 2.00 bits per heavy atom. The van der Waals surface area contributed by atoms with Gasteiger partial charge >= 0.3 is 0 Å². The lowest BCUT2D eigenvalue weighted by Gasteiger charge is -2.10. The third kappa shape index (κ3) is 2.59. The van der Waals surface area contributed by atoms with Crippen molar-refractivity contribution >= 4 is 5.69 Å². The fourth-order valence-electron chi connectivity index (χ4n) is 2.26. The molecule has 0 saturated carbocycles. The summed E-state index contributed by atoms with van der Waals surface area (Å²) in [5, 5.41) is 3.45. The molecule has 0 aliphatic carbocycles. The Morgan fingerprint density at radius 3 is 2.80 bits per heavy atom. The molecule has 20 heavy (non-hydrogen) atoms. The van der Waals surface area contributed by atoms with E-state index in [2.05, 4.69) is 50.6 Å². The molecule has 102 valence electrons. The smallest absolute Gasteiger partial charge is 0.0948 e. The first-order valence-corrected chi connectivity index (χ1v) is 6.83. The number of nitrogens with zero attached hydrogens (tertiary/aromatic N) is 3. The highest BCUT2D eigenvalue weighted by Gasteiger charge is 2.01. The third-order valence-corrected chi connectivity index (χ3v) is 3.36. The van der Waals surface area contributed by atoms with Crippen molar-refractivity contribution in [2.24, 2.45) is 0 Å². The minimum atomic E-state index is 0.781. The van der Waals surface area contributed by atoms with Crippen LogP contribution >= 0.6 is 0 Å². The summed E-state index contributed by atoms with van der Waals surface area (Å²) in [7, 11) is 0. The highest BCUT2D eigenvalue weighted by molar-refractivity contribution is 5.51. The summed E-state index contributed by atoms with van der Waals surface area (Å²) in [6.45, 7) is 3.85. The van der Waals surface area contributed by atoms with Crippen LogP contribution in [-0.4, -0.2) is 14.1 Å². The normalized spacial score (nSPS) is 10.7. The van der Waals surface area contributed by atoms with E-state index in [1.54, 1.807) is 0 Å². The van der Waals surface area contributed by atoms with Gasteiger partial charge in [0.25, 0.3) is 0 Å². The molecule has 0 aliphatic rings. The number of imidazole rings is 1. The van der Waals surface area contributed by atoms with E-state index in [9.17, 15) is 0 Å². The maximum atomic E-state index is 4.18. The Balaban J connectivity index is 1.74. The number of nitrogens with one attached hydrogen (secondary N) is 1. The van der Waals surface area contributed by atoms with Gasteiger partial charge in [-0.1, -0.05) is 6.07 Å². The van der Waals surface area contributed by atoms with Gasteiger partial charge in [0.15, 0.2) is 0 Å². The van der Waals surface area contributed by atoms with Gasteiger partial charge in [0, 0.05) is 36.5 Å². The minimum Gasteiger partial charge on any atom is -0.379 e. The summed E-state index contributed by atoms with van der Waals surface area (Å²) < 4.78 is 4.24. The predicted octanol–water partition coefficient (Wildman–Crippen LogP) is 3.31. The van der Waals surface area contributed by atoms with Crippen molar-refractivity contribution in [2.75, 3.05) is 5.32 Å². The van der Waals surface area contributed by atoms with Crippen molar-refractivity contribution < 1.29 is 0 Å². The Labute approximate surface area is 118 Å². The van der Waals surface area contributed by atoms with E-state index >= 15 is 0 Å². The van der Waals surface area contributed by atoms with Crippen LogP contribution < -0.4 is 5.32 Å². The standard InChI is InChI=1S/C16H18N4/c1-2-19-13-17-11-16(19)12-18-14-6-5-7-15(10-14)20-8-3-4-9-20/h3-11,13,18H,2,12H2,1H3. The Morgan fingerprint density at radius 1 is 1.15 bits per heavy atom. The number of rotatable bonds is 5. The first-order valence-electron chi connectivity index (χ1n) is 6.83. The molecule has 0 amide bonds. The predicted molar refractivity (Wildman–Crippen MR) is 81.0 cm³/mol. The number of aromatic nitrogens is 3. The lowest BCUT2D eigenvalue weighted by atomic mass is 10.2. The topological polar surface area (TPSA) is 34.8 Å². The first kappa shape index (κ1) is 12.5. The molecule has 0 aliphatic heterocycles. The fraction of sp³-hybridized carbons (Fsp3) is 0.188. The SMILES string of the molecule is CCn1cncc1CNc1cccc(-n2cccc2)c1. The van der Waals surface area contributed by atoms with Gasteiger partial charge in [-0.3, -0.25) is 0 Å². The molecule has 3 aromatic rings. The summed E-state index contributed by atoms with van der Waals surface area (Å²) in [5.74, 6) is 0. The second kappa shape index (κ2) is 5.65. The molecular weight excluding hydrogens is 248 g/mol. The second-order valence-electron chi connectivity index (χ2n) is 4.67. The zero-order valence-electron chi connectivity index (χ0n) is 11.5. The zero-order chi connectivity index (χ0) is 13.8. The molecular formula is C16H18N4. The van der Waals surface area contributed by atoms with E-state index in [4.69, 9.17) is 0 Å². The van der Waals surface area contributed by atoms with Crippen LogP contribution in [0.4, 0.5) is 5.69 Å². The molecule has 0 fully saturated rings. The van der Waals surface area contributed by atoms with Crippen molar-refractivity contribution in [3.8, 4) is 5.69 Å². The molecule has 2 heterocycles. The molecule has 0 unspecified atom stereocenters. The Hall–Kier alpha value is -2.49. The molecule has 0 atom stereocenters. The Kier molecular flexibility index (Phi) is 3.54.